The quantitative estimate of drug-likeness (QED) is 0.129. The van der Waals surface area contributed by atoms with Gasteiger partial charge >= 0.3 is 0 Å². The molecule has 5 heteroatoms. The van der Waals surface area contributed by atoms with Gasteiger partial charge in [0.05, 0.1) is 11.9 Å². The van der Waals surface area contributed by atoms with Gasteiger partial charge < -0.3 is 5.11 Å². The molecular weight excluding hydrogens is 384 g/mol. The van der Waals surface area contributed by atoms with E-state index >= 15 is 0 Å². The van der Waals surface area contributed by atoms with Crippen molar-refractivity contribution in [2.45, 2.75) is 148 Å². The molecular formula is C24H50O4S. The highest BCUT2D eigenvalue weighted by molar-refractivity contribution is 7.85. The summed E-state index contributed by atoms with van der Waals surface area (Å²) in [6, 6.07) is 0. The van der Waals surface area contributed by atoms with Gasteiger partial charge in [0, 0.05) is 0 Å². The largest absolute Gasteiger partial charge is 0.393 e. The van der Waals surface area contributed by atoms with Crippen molar-refractivity contribution in [3.8, 4) is 0 Å². The Balaban J connectivity index is 3.10. The molecule has 0 saturated carbocycles. The Morgan fingerprint density at radius 3 is 1.21 bits per heavy atom. The molecule has 0 aromatic rings. The summed E-state index contributed by atoms with van der Waals surface area (Å²) in [6.07, 6.45) is 25.3. The van der Waals surface area contributed by atoms with Crippen LogP contribution in [0.3, 0.4) is 0 Å². The number of hydrogen-bond acceptors (Lipinski definition) is 3. The maximum absolute atomic E-state index is 10.6. The van der Waals surface area contributed by atoms with E-state index in [4.69, 9.17) is 4.55 Å². The van der Waals surface area contributed by atoms with Crippen molar-refractivity contribution in [1.82, 2.24) is 0 Å². The lowest BCUT2D eigenvalue weighted by molar-refractivity contribution is 0.148. The fourth-order valence-corrected chi connectivity index (χ4v) is 4.47. The Kier molecular flexibility index (Phi) is 21.0. The van der Waals surface area contributed by atoms with E-state index in [2.05, 4.69) is 6.92 Å². The molecule has 0 heterocycles. The zero-order valence-corrected chi connectivity index (χ0v) is 20.1. The molecule has 0 aliphatic carbocycles. The van der Waals surface area contributed by atoms with Gasteiger partial charge in [-0.1, -0.05) is 122 Å². The molecule has 0 rings (SSSR count). The number of aliphatic hydroxyl groups is 1. The second-order valence-electron chi connectivity index (χ2n) is 8.88. The summed E-state index contributed by atoms with van der Waals surface area (Å²) in [5.74, 6) is -0.0870. The predicted molar refractivity (Wildman–Crippen MR) is 125 cm³/mol. The molecule has 0 saturated heterocycles. The van der Waals surface area contributed by atoms with Crippen LogP contribution in [-0.2, 0) is 10.1 Å². The van der Waals surface area contributed by atoms with Crippen molar-refractivity contribution in [3.05, 3.63) is 0 Å². The average molecular weight is 435 g/mol. The fraction of sp³-hybridized carbons (Fsp3) is 1.00. The van der Waals surface area contributed by atoms with E-state index < -0.39 is 10.1 Å². The fourth-order valence-electron chi connectivity index (χ4n) is 3.90. The molecule has 1 unspecified atom stereocenters. The highest BCUT2D eigenvalue weighted by Crippen LogP contribution is 2.15. The first kappa shape index (κ1) is 28.9. The van der Waals surface area contributed by atoms with Gasteiger partial charge in [-0.15, -0.1) is 0 Å². The smallest absolute Gasteiger partial charge is 0.264 e. The lowest BCUT2D eigenvalue weighted by Crippen LogP contribution is -2.05. The summed E-state index contributed by atoms with van der Waals surface area (Å²) < 4.78 is 29.9. The number of aliphatic hydroxyl groups excluding tert-OH is 1. The van der Waals surface area contributed by atoms with Crippen LogP contribution in [0.15, 0.2) is 0 Å². The molecule has 0 radical (unpaired) electrons. The van der Waals surface area contributed by atoms with Crippen molar-refractivity contribution in [2.24, 2.45) is 0 Å². The van der Waals surface area contributed by atoms with Crippen LogP contribution in [0.4, 0.5) is 0 Å². The van der Waals surface area contributed by atoms with Gasteiger partial charge in [0.1, 0.15) is 0 Å². The van der Waals surface area contributed by atoms with Crippen molar-refractivity contribution in [1.29, 1.82) is 0 Å². The number of rotatable bonds is 23. The highest BCUT2D eigenvalue weighted by Gasteiger charge is 2.03. The Morgan fingerprint density at radius 1 is 0.552 bits per heavy atom. The molecule has 176 valence electrons. The van der Waals surface area contributed by atoms with Crippen LogP contribution in [0.5, 0.6) is 0 Å². The van der Waals surface area contributed by atoms with E-state index in [0.717, 1.165) is 32.1 Å². The molecule has 0 spiro atoms. The summed E-state index contributed by atoms with van der Waals surface area (Å²) >= 11 is 0. The van der Waals surface area contributed by atoms with E-state index in [0.29, 0.717) is 6.42 Å². The van der Waals surface area contributed by atoms with Crippen LogP contribution in [-0.4, -0.2) is 29.9 Å². The van der Waals surface area contributed by atoms with E-state index in [1.165, 1.54) is 96.3 Å². The minimum absolute atomic E-state index is 0.0621. The summed E-state index contributed by atoms with van der Waals surface area (Å²) in [5.41, 5.74) is 0. The average Bonchev–Trinajstić information content (AvgIpc) is 2.67. The normalized spacial score (nSPS) is 13.1. The van der Waals surface area contributed by atoms with Crippen molar-refractivity contribution in [2.75, 3.05) is 5.75 Å². The van der Waals surface area contributed by atoms with Crippen LogP contribution >= 0.6 is 0 Å². The van der Waals surface area contributed by atoms with Crippen molar-refractivity contribution < 1.29 is 18.1 Å². The topological polar surface area (TPSA) is 74.6 Å². The molecule has 29 heavy (non-hydrogen) atoms. The molecule has 0 aromatic carbocycles. The van der Waals surface area contributed by atoms with E-state index in [9.17, 15) is 13.5 Å². The molecule has 2 N–H and O–H groups in total. The van der Waals surface area contributed by atoms with Gasteiger partial charge in [0.2, 0.25) is 0 Å². The SMILES string of the molecule is CCCCC(O)CCCCCCCCCCCCCCCCCCCS(=O)(=O)O. The Morgan fingerprint density at radius 2 is 0.862 bits per heavy atom. The van der Waals surface area contributed by atoms with Crippen LogP contribution in [0.2, 0.25) is 0 Å². The molecule has 1 atom stereocenters. The highest BCUT2D eigenvalue weighted by atomic mass is 32.2. The van der Waals surface area contributed by atoms with Gasteiger partial charge in [0.15, 0.2) is 0 Å². The summed E-state index contributed by atoms with van der Waals surface area (Å²) in [5, 5.41) is 9.81. The Labute approximate surface area is 182 Å². The maximum atomic E-state index is 10.6. The van der Waals surface area contributed by atoms with E-state index in [1.54, 1.807) is 0 Å². The molecule has 4 nitrogen and oxygen atoms in total. The van der Waals surface area contributed by atoms with E-state index in [-0.39, 0.29) is 11.9 Å². The minimum atomic E-state index is -3.76. The molecule has 0 fully saturated rings. The van der Waals surface area contributed by atoms with Gasteiger partial charge in [-0.05, 0) is 19.3 Å². The minimum Gasteiger partial charge on any atom is -0.393 e. The number of unbranched alkanes of at least 4 members (excludes halogenated alkanes) is 17. The second-order valence-corrected chi connectivity index (χ2v) is 10.5. The first-order valence-corrected chi connectivity index (χ1v) is 14.2. The van der Waals surface area contributed by atoms with E-state index in [1.807, 2.05) is 0 Å². The third kappa shape index (κ3) is 25.8. The molecule has 0 bridgehead atoms. The van der Waals surface area contributed by atoms with Crippen molar-refractivity contribution >= 4 is 10.1 Å². The molecule has 0 amide bonds. The van der Waals surface area contributed by atoms with Gasteiger partial charge in [0.25, 0.3) is 10.1 Å². The third-order valence-electron chi connectivity index (χ3n) is 5.83. The molecule has 0 aromatic heterocycles. The molecule has 0 aliphatic rings. The number of hydrogen-bond donors (Lipinski definition) is 2. The first-order valence-electron chi connectivity index (χ1n) is 12.6. The lowest BCUT2D eigenvalue weighted by Gasteiger charge is -2.09. The predicted octanol–water partition coefficient (Wildman–Crippen LogP) is 7.45. The Bertz CT molecular complexity index is 423. The van der Waals surface area contributed by atoms with Crippen LogP contribution < -0.4 is 0 Å². The lowest BCUT2D eigenvalue weighted by atomic mass is 10.0. The maximum Gasteiger partial charge on any atom is 0.264 e. The molecule has 0 aliphatic heterocycles. The zero-order valence-electron chi connectivity index (χ0n) is 19.3. The summed E-state index contributed by atoms with van der Waals surface area (Å²) in [7, 11) is -3.76. The summed E-state index contributed by atoms with van der Waals surface area (Å²) in [4.78, 5) is 0. The zero-order chi connectivity index (χ0) is 21.6. The summed E-state index contributed by atoms with van der Waals surface area (Å²) in [6.45, 7) is 2.18. The van der Waals surface area contributed by atoms with Gasteiger partial charge in [-0.2, -0.15) is 8.42 Å². The first-order chi connectivity index (χ1) is 14.0. The van der Waals surface area contributed by atoms with Crippen molar-refractivity contribution in [3.63, 3.8) is 0 Å². The third-order valence-corrected chi connectivity index (χ3v) is 6.64. The van der Waals surface area contributed by atoms with Crippen LogP contribution in [0.1, 0.15) is 142 Å². The van der Waals surface area contributed by atoms with Crippen LogP contribution in [0.25, 0.3) is 0 Å². The van der Waals surface area contributed by atoms with Crippen LogP contribution in [0, 0.1) is 0 Å². The monoisotopic (exact) mass is 434 g/mol. The second kappa shape index (κ2) is 21.1. The Hall–Kier alpha value is -0.130. The van der Waals surface area contributed by atoms with Gasteiger partial charge in [-0.25, -0.2) is 0 Å². The van der Waals surface area contributed by atoms with Gasteiger partial charge in [-0.3, -0.25) is 4.55 Å². The standard InChI is InChI=1S/C24H50O4S/c1-2-3-21-24(25)22-19-17-15-13-11-9-7-5-4-6-8-10-12-14-16-18-20-23-29(26,27)28/h24-25H,2-23H2,1H3,(H,26,27,28).